The SMILES string of the molecule is C/C(=C\c1ccccc1)c1ccccc1/C(C)=N/O. The van der Waals surface area contributed by atoms with Crippen LogP contribution in [0.3, 0.4) is 0 Å². The monoisotopic (exact) mass is 251 g/mol. The van der Waals surface area contributed by atoms with E-state index in [1.165, 1.54) is 0 Å². The van der Waals surface area contributed by atoms with Crippen molar-refractivity contribution in [3.05, 3.63) is 71.3 Å². The van der Waals surface area contributed by atoms with Crippen LogP contribution in [-0.4, -0.2) is 10.9 Å². The topological polar surface area (TPSA) is 32.6 Å². The van der Waals surface area contributed by atoms with Gasteiger partial charge in [0.05, 0.1) is 5.71 Å². The predicted molar refractivity (Wildman–Crippen MR) is 80.4 cm³/mol. The van der Waals surface area contributed by atoms with Crippen molar-refractivity contribution in [2.45, 2.75) is 13.8 Å². The minimum Gasteiger partial charge on any atom is -0.411 e. The number of oxime groups is 1. The lowest BCUT2D eigenvalue weighted by atomic mass is 9.96. The van der Waals surface area contributed by atoms with Crippen molar-refractivity contribution in [3.8, 4) is 0 Å². The van der Waals surface area contributed by atoms with Gasteiger partial charge in [0.25, 0.3) is 0 Å². The molecule has 0 heterocycles. The van der Waals surface area contributed by atoms with E-state index < -0.39 is 0 Å². The Morgan fingerprint density at radius 1 is 0.895 bits per heavy atom. The summed E-state index contributed by atoms with van der Waals surface area (Å²) in [6.45, 7) is 3.87. The zero-order valence-electron chi connectivity index (χ0n) is 11.2. The second-order valence-electron chi connectivity index (χ2n) is 4.47. The summed E-state index contributed by atoms with van der Waals surface area (Å²) in [6, 6.07) is 18.1. The van der Waals surface area contributed by atoms with Crippen LogP contribution in [0.4, 0.5) is 0 Å². The van der Waals surface area contributed by atoms with Crippen molar-refractivity contribution < 1.29 is 5.21 Å². The first-order valence-corrected chi connectivity index (χ1v) is 6.24. The average Bonchev–Trinajstić information content (AvgIpc) is 2.47. The summed E-state index contributed by atoms with van der Waals surface area (Å²) in [4.78, 5) is 0. The summed E-state index contributed by atoms with van der Waals surface area (Å²) in [5.74, 6) is 0. The molecule has 0 atom stereocenters. The minimum atomic E-state index is 0.622. The van der Waals surface area contributed by atoms with Gasteiger partial charge in [0, 0.05) is 5.56 Å². The maximum Gasteiger partial charge on any atom is 0.0843 e. The van der Waals surface area contributed by atoms with E-state index in [1.807, 2.05) is 42.5 Å². The number of benzene rings is 2. The summed E-state index contributed by atoms with van der Waals surface area (Å²) < 4.78 is 0. The summed E-state index contributed by atoms with van der Waals surface area (Å²) in [5, 5.41) is 12.3. The molecule has 0 aliphatic carbocycles. The third-order valence-corrected chi connectivity index (χ3v) is 3.07. The molecule has 0 unspecified atom stereocenters. The van der Waals surface area contributed by atoms with E-state index in [0.29, 0.717) is 5.71 Å². The number of allylic oxidation sites excluding steroid dienone is 1. The molecule has 2 aromatic carbocycles. The Morgan fingerprint density at radius 2 is 1.47 bits per heavy atom. The zero-order chi connectivity index (χ0) is 13.7. The minimum absolute atomic E-state index is 0.622. The Kier molecular flexibility index (Phi) is 4.14. The van der Waals surface area contributed by atoms with Crippen molar-refractivity contribution in [1.82, 2.24) is 0 Å². The van der Waals surface area contributed by atoms with Gasteiger partial charge in [-0.25, -0.2) is 0 Å². The van der Waals surface area contributed by atoms with Gasteiger partial charge in [-0.2, -0.15) is 0 Å². The van der Waals surface area contributed by atoms with E-state index in [4.69, 9.17) is 5.21 Å². The lowest BCUT2D eigenvalue weighted by Crippen LogP contribution is -1.99. The molecular formula is C17H17NO. The van der Waals surface area contributed by atoms with Gasteiger partial charge in [0.15, 0.2) is 0 Å². The van der Waals surface area contributed by atoms with Crippen LogP contribution >= 0.6 is 0 Å². The van der Waals surface area contributed by atoms with E-state index in [1.54, 1.807) is 6.92 Å². The van der Waals surface area contributed by atoms with E-state index in [-0.39, 0.29) is 0 Å². The standard InChI is InChI=1S/C17H17NO/c1-13(12-15-8-4-3-5-9-15)16-10-6-7-11-17(16)14(2)18-19/h3-12,19H,1-2H3/b13-12+,18-14+. The molecule has 0 amide bonds. The van der Waals surface area contributed by atoms with Crippen LogP contribution in [0.1, 0.15) is 30.5 Å². The first kappa shape index (κ1) is 13.1. The van der Waals surface area contributed by atoms with Gasteiger partial charge in [0.1, 0.15) is 0 Å². The quantitative estimate of drug-likeness (QED) is 0.372. The molecule has 0 saturated heterocycles. The summed E-state index contributed by atoms with van der Waals surface area (Å²) in [6.07, 6.45) is 2.13. The molecule has 0 aromatic heterocycles. The lowest BCUT2D eigenvalue weighted by molar-refractivity contribution is 0.319. The van der Waals surface area contributed by atoms with Crippen molar-refractivity contribution in [1.29, 1.82) is 0 Å². The van der Waals surface area contributed by atoms with Gasteiger partial charge in [-0.1, -0.05) is 65.8 Å². The Labute approximate surface area is 113 Å². The van der Waals surface area contributed by atoms with E-state index in [9.17, 15) is 0 Å². The summed E-state index contributed by atoms with van der Waals surface area (Å²) in [7, 11) is 0. The van der Waals surface area contributed by atoms with Crippen LogP contribution < -0.4 is 0 Å². The van der Waals surface area contributed by atoms with Crippen LogP contribution in [0, 0.1) is 0 Å². The highest BCUT2D eigenvalue weighted by molar-refractivity contribution is 6.03. The molecule has 0 radical (unpaired) electrons. The van der Waals surface area contributed by atoms with Gasteiger partial charge >= 0.3 is 0 Å². The normalized spacial score (nSPS) is 12.5. The Hall–Kier alpha value is -2.35. The molecule has 0 bridgehead atoms. The molecule has 2 nitrogen and oxygen atoms in total. The first-order chi connectivity index (χ1) is 9.22. The molecule has 0 aliphatic rings. The van der Waals surface area contributed by atoms with Crippen molar-refractivity contribution in [2.24, 2.45) is 5.16 Å². The van der Waals surface area contributed by atoms with Gasteiger partial charge in [-0.3, -0.25) is 0 Å². The van der Waals surface area contributed by atoms with Crippen LogP contribution in [0.5, 0.6) is 0 Å². The third kappa shape index (κ3) is 3.10. The van der Waals surface area contributed by atoms with Gasteiger partial charge < -0.3 is 5.21 Å². The fourth-order valence-electron chi connectivity index (χ4n) is 2.07. The van der Waals surface area contributed by atoms with Crippen molar-refractivity contribution >= 4 is 17.4 Å². The molecular weight excluding hydrogens is 234 g/mol. The smallest absolute Gasteiger partial charge is 0.0843 e. The molecule has 2 heteroatoms. The summed E-state index contributed by atoms with van der Waals surface area (Å²) in [5.41, 5.74) is 4.96. The van der Waals surface area contributed by atoms with Crippen molar-refractivity contribution in [2.75, 3.05) is 0 Å². The number of rotatable bonds is 3. The number of hydrogen-bond donors (Lipinski definition) is 1. The van der Waals surface area contributed by atoms with Gasteiger partial charge in [-0.15, -0.1) is 0 Å². The molecule has 0 aliphatic heterocycles. The van der Waals surface area contributed by atoms with Crippen LogP contribution in [0.25, 0.3) is 11.6 Å². The Bertz CT molecular complexity index is 612. The third-order valence-electron chi connectivity index (χ3n) is 3.07. The maximum absolute atomic E-state index is 8.95. The molecule has 2 rings (SSSR count). The molecule has 96 valence electrons. The van der Waals surface area contributed by atoms with Gasteiger partial charge in [0.2, 0.25) is 0 Å². The molecule has 19 heavy (non-hydrogen) atoms. The highest BCUT2D eigenvalue weighted by atomic mass is 16.4. The van der Waals surface area contributed by atoms with Crippen LogP contribution in [0.2, 0.25) is 0 Å². The first-order valence-electron chi connectivity index (χ1n) is 6.24. The molecule has 0 spiro atoms. The highest BCUT2D eigenvalue weighted by Gasteiger charge is 2.06. The van der Waals surface area contributed by atoms with Crippen LogP contribution in [-0.2, 0) is 0 Å². The fourth-order valence-corrected chi connectivity index (χ4v) is 2.07. The molecule has 1 N–H and O–H groups in total. The molecule has 0 saturated carbocycles. The number of nitrogens with zero attached hydrogens (tertiary/aromatic N) is 1. The van der Waals surface area contributed by atoms with Crippen LogP contribution in [0.15, 0.2) is 59.8 Å². The molecule has 0 fully saturated rings. The second-order valence-corrected chi connectivity index (χ2v) is 4.47. The lowest BCUT2D eigenvalue weighted by Gasteiger charge is -2.09. The number of hydrogen-bond acceptors (Lipinski definition) is 2. The van der Waals surface area contributed by atoms with E-state index >= 15 is 0 Å². The fraction of sp³-hybridized carbons (Fsp3) is 0.118. The highest BCUT2D eigenvalue weighted by Crippen LogP contribution is 2.22. The largest absolute Gasteiger partial charge is 0.411 e. The van der Waals surface area contributed by atoms with Gasteiger partial charge in [-0.05, 0) is 30.5 Å². The maximum atomic E-state index is 8.95. The average molecular weight is 251 g/mol. The summed E-state index contributed by atoms with van der Waals surface area (Å²) >= 11 is 0. The Morgan fingerprint density at radius 3 is 2.11 bits per heavy atom. The second kappa shape index (κ2) is 6.01. The molecule has 2 aromatic rings. The van der Waals surface area contributed by atoms with E-state index in [0.717, 1.165) is 22.3 Å². The predicted octanol–water partition coefficient (Wildman–Crippen LogP) is 4.45. The van der Waals surface area contributed by atoms with Crippen molar-refractivity contribution in [3.63, 3.8) is 0 Å². The zero-order valence-corrected chi connectivity index (χ0v) is 11.2. The Balaban J connectivity index is 2.45. The van der Waals surface area contributed by atoms with E-state index in [2.05, 4.69) is 30.3 Å².